The molecule has 23 heavy (non-hydrogen) atoms. The lowest BCUT2D eigenvalue weighted by Crippen LogP contribution is -2.15. The summed E-state index contributed by atoms with van der Waals surface area (Å²) in [7, 11) is 0. The van der Waals surface area contributed by atoms with Gasteiger partial charge in [-0.15, -0.1) is 0 Å². The van der Waals surface area contributed by atoms with Crippen molar-refractivity contribution in [3.8, 4) is 11.5 Å². The maximum Gasteiger partial charge on any atom is 0.258 e. The van der Waals surface area contributed by atoms with E-state index in [1.165, 1.54) is 12.1 Å². The lowest BCUT2D eigenvalue weighted by atomic mass is 10.2. The number of hydrogen-bond donors (Lipinski definition) is 1. The lowest BCUT2D eigenvalue weighted by Gasteiger charge is -2.04. The van der Waals surface area contributed by atoms with Crippen LogP contribution in [0.1, 0.15) is 5.82 Å². The van der Waals surface area contributed by atoms with E-state index in [0.717, 1.165) is 0 Å². The maximum atomic E-state index is 13.2. The highest BCUT2D eigenvalue weighted by Gasteiger charge is 2.13. The van der Waals surface area contributed by atoms with Gasteiger partial charge in [0.25, 0.3) is 5.89 Å². The Labute approximate surface area is 136 Å². The standard InChI is InChI=1S/C16H11ClFN3O2/c17-12-6-1-2-7-13(12)19-15(22)9-14-20-16(23-21-14)10-4-3-5-11(18)8-10/h1-8H,9H2,(H,19,22). The van der Waals surface area contributed by atoms with Crippen LogP contribution in [0.15, 0.2) is 53.1 Å². The van der Waals surface area contributed by atoms with E-state index in [2.05, 4.69) is 15.5 Å². The maximum absolute atomic E-state index is 13.2. The molecule has 2 aromatic carbocycles. The van der Waals surface area contributed by atoms with Gasteiger partial charge < -0.3 is 9.84 Å². The molecular formula is C16H11ClFN3O2. The Morgan fingerprint density at radius 3 is 2.83 bits per heavy atom. The van der Waals surface area contributed by atoms with Crippen LogP contribution in [0.3, 0.4) is 0 Å². The first kappa shape index (κ1) is 15.2. The number of aromatic nitrogens is 2. The summed E-state index contributed by atoms with van der Waals surface area (Å²) in [6.45, 7) is 0. The number of carbonyl (C=O) groups is 1. The molecule has 0 aliphatic carbocycles. The van der Waals surface area contributed by atoms with Crippen LogP contribution >= 0.6 is 11.6 Å². The fraction of sp³-hybridized carbons (Fsp3) is 0.0625. The number of halogens is 2. The molecule has 0 saturated carbocycles. The van der Waals surface area contributed by atoms with Crippen LogP contribution in [-0.4, -0.2) is 16.0 Å². The van der Waals surface area contributed by atoms with Crippen molar-refractivity contribution in [2.75, 3.05) is 5.32 Å². The van der Waals surface area contributed by atoms with Crippen molar-refractivity contribution in [3.63, 3.8) is 0 Å². The van der Waals surface area contributed by atoms with Gasteiger partial charge in [0.1, 0.15) is 5.82 Å². The fourth-order valence-corrected chi connectivity index (χ4v) is 2.15. The van der Waals surface area contributed by atoms with Gasteiger partial charge in [-0.2, -0.15) is 4.98 Å². The predicted molar refractivity (Wildman–Crippen MR) is 83.5 cm³/mol. The molecule has 0 bridgehead atoms. The number of benzene rings is 2. The number of anilines is 1. The topological polar surface area (TPSA) is 68.0 Å². The second-order valence-electron chi connectivity index (χ2n) is 4.73. The van der Waals surface area contributed by atoms with Gasteiger partial charge in [-0.25, -0.2) is 4.39 Å². The fourth-order valence-electron chi connectivity index (χ4n) is 1.97. The van der Waals surface area contributed by atoms with Crippen LogP contribution in [0.2, 0.25) is 5.02 Å². The summed E-state index contributed by atoms with van der Waals surface area (Å²) < 4.78 is 18.2. The van der Waals surface area contributed by atoms with E-state index in [0.29, 0.717) is 16.3 Å². The van der Waals surface area contributed by atoms with Crippen LogP contribution in [0, 0.1) is 5.82 Å². The van der Waals surface area contributed by atoms with Crippen molar-refractivity contribution in [1.29, 1.82) is 0 Å². The van der Waals surface area contributed by atoms with E-state index >= 15 is 0 Å². The molecule has 0 radical (unpaired) electrons. The minimum absolute atomic E-state index is 0.0793. The summed E-state index contributed by atoms with van der Waals surface area (Å²) in [4.78, 5) is 16.1. The Morgan fingerprint density at radius 2 is 2.04 bits per heavy atom. The Bertz CT molecular complexity index is 851. The van der Waals surface area contributed by atoms with Crippen molar-refractivity contribution in [2.45, 2.75) is 6.42 Å². The van der Waals surface area contributed by atoms with Gasteiger partial charge in [0.15, 0.2) is 5.82 Å². The van der Waals surface area contributed by atoms with Crippen LogP contribution in [0.5, 0.6) is 0 Å². The monoisotopic (exact) mass is 331 g/mol. The van der Waals surface area contributed by atoms with Gasteiger partial charge in [-0.1, -0.05) is 35.0 Å². The largest absolute Gasteiger partial charge is 0.334 e. The van der Waals surface area contributed by atoms with E-state index in [9.17, 15) is 9.18 Å². The molecular weight excluding hydrogens is 321 g/mol. The number of carbonyl (C=O) groups excluding carboxylic acids is 1. The van der Waals surface area contributed by atoms with E-state index in [-0.39, 0.29) is 24.0 Å². The first-order valence-electron chi connectivity index (χ1n) is 6.75. The Morgan fingerprint density at radius 1 is 1.22 bits per heavy atom. The van der Waals surface area contributed by atoms with E-state index in [1.54, 1.807) is 36.4 Å². The smallest absolute Gasteiger partial charge is 0.258 e. The summed E-state index contributed by atoms with van der Waals surface area (Å²) in [6, 6.07) is 12.7. The van der Waals surface area contributed by atoms with Gasteiger partial charge in [-0.05, 0) is 30.3 Å². The minimum Gasteiger partial charge on any atom is -0.334 e. The number of nitrogens with one attached hydrogen (secondary N) is 1. The van der Waals surface area contributed by atoms with Gasteiger partial charge >= 0.3 is 0 Å². The predicted octanol–water partition coefficient (Wildman–Crippen LogP) is 3.71. The number of hydrogen-bond acceptors (Lipinski definition) is 4. The van der Waals surface area contributed by atoms with E-state index in [4.69, 9.17) is 16.1 Å². The quantitative estimate of drug-likeness (QED) is 0.791. The van der Waals surface area contributed by atoms with Crippen LogP contribution in [0.25, 0.3) is 11.5 Å². The Kier molecular flexibility index (Phi) is 4.34. The van der Waals surface area contributed by atoms with Crippen molar-refractivity contribution in [3.05, 3.63) is 65.2 Å². The third kappa shape index (κ3) is 3.73. The molecule has 0 spiro atoms. The summed E-state index contributed by atoms with van der Waals surface area (Å²) in [5, 5.41) is 6.83. The molecule has 1 heterocycles. The molecule has 0 atom stereocenters. The van der Waals surface area contributed by atoms with Crippen LogP contribution in [-0.2, 0) is 11.2 Å². The summed E-state index contributed by atoms with van der Waals surface area (Å²) in [6.07, 6.45) is -0.0793. The molecule has 0 aliphatic heterocycles. The Hall–Kier alpha value is -2.73. The second-order valence-corrected chi connectivity index (χ2v) is 5.14. The molecule has 116 valence electrons. The van der Waals surface area contributed by atoms with E-state index < -0.39 is 5.82 Å². The first-order chi connectivity index (χ1) is 11.1. The minimum atomic E-state index is -0.404. The SMILES string of the molecule is O=C(Cc1noc(-c2cccc(F)c2)n1)Nc1ccccc1Cl. The number of amides is 1. The molecule has 5 nitrogen and oxygen atoms in total. The summed E-state index contributed by atoms with van der Waals surface area (Å²) in [5.74, 6) is -0.373. The van der Waals surface area contributed by atoms with Crippen LogP contribution in [0.4, 0.5) is 10.1 Å². The zero-order valence-corrected chi connectivity index (χ0v) is 12.5. The molecule has 3 rings (SSSR count). The molecule has 7 heteroatoms. The van der Waals surface area contributed by atoms with Crippen LogP contribution < -0.4 is 5.32 Å². The number of para-hydroxylation sites is 1. The average Bonchev–Trinajstić information content (AvgIpc) is 2.98. The second kappa shape index (κ2) is 6.58. The summed E-state index contributed by atoms with van der Waals surface area (Å²) in [5.41, 5.74) is 0.961. The zero-order chi connectivity index (χ0) is 16.2. The molecule has 0 fully saturated rings. The van der Waals surface area contributed by atoms with Gasteiger partial charge in [0.2, 0.25) is 5.91 Å². The van der Waals surface area contributed by atoms with E-state index in [1.807, 2.05) is 0 Å². The molecule has 1 amide bonds. The normalized spacial score (nSPS) is 10.5. The third-order valence-electron chi connectivity index (χ3n) is 3.01. The molecule has 0 saturated heterocycles. The highest BCUT2D eigenvalue weighted by molar-refractivity contribution is 6.33. The Balaban J connectivity index is 1.69. The molecule has 3 aromatic rings. The molecule has 0 aliphatic rings. The highest BCUT2D eigenvalue weighted by atomic mass is 35.5. The van der Waals surface area contributed by atoms with Gasteiger partial charge in [0, 0.05) is 5.56 Å². The molecule has 1 N–H and O–H groups in total. The van der Waals surface area contributed by atoms with Gasteiger partial charge in [0.05, 0.1) is 17.1 Å². The van der Waals surface area contributed by atoms with Crippen molar-refractivity contribution in [1.82, 2.24) is 10.1 Å². The van der Waals surface area contributed by atoms with Crippen molar-refractivity contribution < 1.29 is 13.7 Å². The molecule has 0 unspecified atom stereocenters. The summed E-state index contributed by atoms with van der Waals surface area (Å²) >= 11 is 5.97. The van der Waals surface area contributed by atoms with Gasteiger partial charge in [-0.3, -0.25) is 4.79 Å². The zero-order valence-electron chi connectivity index (χ0n) is 11.8. The number of nitrogens with zero attached hydrogens (tertiary/aromatic N) is 2. The van der Waals surface area contributed by atoms with Crippen molar-refractivity contribution >= 4 is 23.2 Å². The molecule has 1 aromatic heterocycles. The number of rotatable bonds is 4. The average molecular weight is 332 g/mol. The highest BCUT2D eigenvalue weighted by Crippen LogP contribution is 2.21. The first-order valence-corrected chi connectivity index (χ1v) is 7.12. The lowest BCUT2D eigenvalue weighted by molar-refractivity contribution is -0.115. The third-order valence-corrected chi connectivity index (χ3v) is 3.34. The van der Waals surface area contributed by atoms with Crippen molar-refractivity contribution in [2.24, 2.45) is 0 Å².